The van der Waals surface area contributed by atoms with Crippen LogP contribution in [-0.4, -0.2) is 54.9 Å². The highest BCUT2D eigenvalue weighted by molar-refractivity contribution is 7.89. The van der Waals surface area contributed by atoms with Crippen LogP contribution < -0.4 is 0 Å². The fourth-order valence-corrected chi connectivity index (χ4v) is 4.77. The third kappa shape index (κ3) is 3.91. The number of aryl methyl sites for hydroxylation is 3. The summed E-state index contributed by atoms with van der Waals surface area (Å²) in [6.45, 7) is 6.76. The number of hydrogen-bond donors (Lipinski definition) is 0. The summed E-state index contributed by atoms with van der Waals surface area (Å²) in [5.41, 5.74) is 2.16. The highest BCUT2D eigenvalue weighted by Gasteiger charge is 2.32. The lowest BCUT2D eigenvalue weighted by molar-refractivity contribution is 0.0695. The zero-order valence-corrected chi connectivity index (χ0v) is 16.8. The second-order valence-corrected chi connectivity index (χ2v) is 8.73. The summed E-state index contributed by atoms with van der Waals surface area (Å²) in [5, 5.41) is 3.82. The number of amides is 1. The first-order valence-electron chi connectivity index (χ1n) is 9.16. The molecule has 3 rings (SSSR count). The quantitative estimate of drug-likeness (QED) is 0.781. The van der Waals surface area contributed by atoms with Crippen molar-refractivity contribution in [2.75, 3.05) is 26.2 Å². The van der Waals surface area contributed by atoms with Gasteiger partial charge in [0.25, 0.3) is 5.91 Å². The van der Waals surface area contributed by atoms with Gasteiger partial charge in [0.2, 0.25) is 10.0 Å². The lowest BCUT2D eigenvalue weighted by Gasteiger charge is -2.34. The van der Waals surface area contributed by atoms with Crippen LogP contribution in [0.5, 0.6) is 0 Å². The van der Waals surface area contributed by atoms with Gasteiger partial charge in [-0.1, -0.05) is 30.6 Å². The van der Waals surface area contributed by atoms with Crippen molar-refractivity contribution < 1.29 is 17.7 Å². The van der Waals surface area contributed by atoms with E-state index in [1.54, 1.807) is 30.9 Å². The average molecular weight is 391 g/mol. The molecule has 2 aromatic rings. The lowest BCUT2D eigenvalue weighted by atomic mass is 10.1. The number of nitrogens with zero attached hydrogens (tertiary/aromatic N) is 3. The number of carbonyl (C=O) groups excluding carboxylic acids is 1. The summed E-state index contributed by atoms with van der Waals surface area (Å²) < 4.78 is 32.2. The molecule has 0 N–H and O–H groups in total. The number of hydrogen-bond acceptors (Lipinski definition) is 5. The fourth-order valence-electron chi connectivity index (χ4n) is 3.34. The Hall–Kier alpha value is -2.19. The number of benzene rings is 1. The second-order valence-electron chi connectivity index (χ2n) is 6.79. The average Bonchev–Trinajstić information content (AvgIpc) is 3.00. The molecule has 0 bridgehead atoms. The van der Waals surface area contributed by atoms with E-state index in [9.17, 15) is 13.2 Å². The normalized spacial score (nSPS) is 15.9. The number of aromatic nitrogens is 1. The SMILES string of the molecule is CCCc1ccc(S(=O)(=O)N2CCN(C(=O)c3c(C)noc3C)CC2)cc1. The van der Waals surface area contributed by atoms with Gasteiger partial charge < -0.3 is 9.42 Å². The number of sulfonamides is 1. The van der Waals surface area contributed by atoms with Gasteiger partial charge in [0.15, 0.2) is 0 Å². The van der Waals surface area contributed by atoms with Crippen molar-refractivity contribution in [2.24, 2.45) is 0 Å². The first kappa shape index (κ1) is 19.6. The van der Waals surface area contributed by atoms with Gasteiger partial charge in [-0.2, -0.15) is 4.31 Å². The van der Waals surface area contributed by atoms with Gasteiger partial charge in [-0.05, 0) is 38.0 Å². The molecule has 0 saturated carbocycles. The molecule has 0 unspecified atom stereocenters. The van der Waals surface area contributed by atoms with Crippen LogP contribution in [-0.2, 0) is 16.4 Å². The van der Waals surface area contributed by atoms with Crippen LogP contribution in [0.15, 0.2) is 33.7 Å². The molecule has 1 aliphatic rings. The minimum Gasteiger partial charge on any atom is -0.361 e. The van der Waals surface area contributed by atoms with E-state index in [1.807, 2.05) is 12.1 Å². The van der Waals surface area contributed by atoms with E-state index in [-0.39, 0.29) is 19.0 Å². The molecule has 0 radical (unpaired) electrons. The van der Waals surface area contributed by atoms with Gasteiger partial charge in [-0.3, -0.25) is 4.79 Å². The smallest absolute Gasteiger partial charge is 0.259 e. The molecule has 146 valence electrons. The molecule has 1 saturated heterocycles. The van der Waals surface area contributed by atoms with Crippen LogP contribution in [0, 0.1) is 13.8 Å². The monoisotopic (exact) mass is 391 g/mol. The maximum absolute atomic E-state index is 12.9. The first-order valence-corrected chi connectivity index (χ1v) is 10.6. The highest BCUT2D eigenvalue weighted by atomic mass is 32.2. The van der Waals surface area contributed by atoms with Crippen molar-refractivity contribution in [1.82, 2.24) is 14.4 Å². The van der Waals surface area contributed by atoms with Crippen LogP contribution in [0.3, 0.4) is 0 Å². The lowest BCUT2D eigenvalue weighted by Crippen LogP contribution is -2.50. The zero-order chi connectivity index (χ0) is 19.6. The Balaban J connectivity index is 1.68. The van der Waals surface area contributed by atoms with E-state index in [1.165, 1.54) is 4.31 Å². The number of rotatable bonds is 5. The van der Waals surface area contributed by atoms with E-state index in [2.05, 4.69) is 12.1 Å². The van der Waals surface area contributed by atoms with Crippen molar-refractivity contribution in [3.8, 4) is 0 Å². The van der Waals surface area contributed by atoms with E-state index in [0.29, 0.717) is 35.0 Å². The summed E-state index contributed by atoms with van der Waals surface area (Å²) in [6.07, 6.45) is 1.95. The Morgan fingerprint density at radius 2 is 1.74 bits per heavy atom. The van der Waals surface area contributed by atoms with Gasteiger partial charge in [0, 0.05) is 26.2 Å². The van der Waals surface area contributed by atoms with Gasteiger partial charge in [-0.15, -0.1) is 0 Å². The number of piperazine rings is 1. The number of carbonyl (C=O) groups is 1. The van der Waals surface area contributed by atoms with E-state index in [0.717, 1.165) is 18.4 Å². The molecule has 2 heterocycles. The molecule has 1 fully saturated rings. The zero-order valence-electron chi connectivity index (χ0n) is 15.9. The topological polar surface area (TPSA) is 83.7 Å². The Morgan fingerprint density at radius 1 is 1.11 bits per heavy atom. The third-order valence-electron chi connectivity index (χ3n) is 4.87. The van der Waals surface area contributed by atoms with E-state index >= 15 is 0 Å². The van der Waals surface area contributed by atoms with Gasteiger partial charge in [0.05, 0.1) is 10.6 Å². The van der Waals surface area contributed by atoms with Crippen LogP contribution in [0.1, 0.15) is 40.7 Å². The molecule has 7 nitrogen and oxygen atoms in total. The summed E-state index contributed by atoms with van der Waals surface area (Å²) in [5.74, 6) is 0.326. The minimum atomic E-state index is -3.55. The standard InChI is InChI=1S/C19H25N3O4S/c1-4-5-16-6-8-17(9-7-16)27(24,25)22-12-10-21(11-13-22)19(23)18-14(2)20-26-15(18)3/h6-9H,4-5,10-13H2,1-3H3. The van der Waals surface area contributed by atoms with Crippen molar-refractivity contribution in [2.45, 2.75) is 38.5 Å². The Kier molecular flexibility index (Phi) is 5.67. The van der Waals surface area contributed by atoms with Crippen molar-refractivity contribution >= 4 is 15.9 Å². The summed E-state index contributed by atoms with van der Waals surface area (Å²) in [6, 6.07) is 7.07. The van der Waals surface area contributed by atoms with Crippen molar-refractivity contribution in [3.05, 3.63) is 46.8 Å². The highest BCUT2D eigenvalue weighted by Crippen LogP contribution is 2.21. The van der Waals surface area contributed by atoms with Crippen molar-refractivity contribution in [3.63, 3.8) is 0 Å². The predicted octanol–water partition coefficient (Wildman–Crippen LogP) is 2.39. The van der Waals surface area contributed by atoms with Crippen molar-refractivity contribution in [1.29, 1.82) is 0 Å². The molecule has 1 amide bonds. The van der Waals surface area contributed by atoms with Gasteiger partial charge in [-0.25, -0.2) is 8.42 Å². The van der Waals surface area contributed by atoms with Crippen LogP contribution in [0.4, 0.5) is 0 Å². The minimum absolute atomic E-state index is 0.160. The molecule has 27 heavy (non-hydrogen) atoms. The predicted molar refractivity (Wildman–Crippen MR) is 101 cm³/mol. The van der Waals surface area contributed by atoms with Crippen LogP contribution in [0.2, 0.25) is 0 Å². The summed E-state index contributed by atoms with van der Waals surface area (Å²) >= 11 is 0. The molecule has 8 heteroatoms. The molecular weight excluding hydrogens is 366 g/mol. The van der Waals surface area contributed by atoms with Crippen LogP contribution >= 0.6 is 0 Å². The molecule has 1 aromatic carbocycles. The summed E-state index contributed by atoms with van der Waals surface area (Å²) in [7, 11) is -3.55. The molecule has 1 aromatic heterocycles. The maximum Gasteiger partial charge on any atom is 0.259 e. The fraction of sp³-hybridized carbons (Fsp3) is 0.474. The largest absolute Gasteiger partial charge is 0.361 e. The molecule has 0 spiro atoms. The maximum atomic E-state index is 12.9. The first-order chi connectivity index (χ1) is 12.8. The van der Waals surface area contributed by atoms with Gasteiger partial charge in [0.1, 0.15) is 11.3 Å². The Morgan fingerprint density at radius 3 is 2.26 bits per heavy atom. The van der Waals surface area contributed by atoms with E-state index < -0.39 is 10.0 Å². The molecule has 0 aliphatic carbocycles. The van der Waals surface area contributed by atoms with Crippen LogP contribution in [0.25, 0.3) is 0 Å². The molecular formula is C19H25N3O4S. The summed E-state index contributed by atoms with van der Waals surface area (Å²) in [4.78, 5) is 14.6. The van der Waals surface area contributed by atoms with Gasteiger partial charge >= 0.3 is 0 Å². The third-order valence-corrected chi connectivity index (χ3v) is 6.79. The second kappa shape index (κ2) is 7.82. The van der Waals surface area contributed by atoms with E-state index in [4.69, 9.17) is 4.52 Å². The Bertz CT molecular complexity index is 891. The Labute approximate surface area is 160 Å². The molecule has 1 aliphatic heterocycles. The molecule has 0 atom stereocenters.